The monoisotopic (exact) mass is 330 g/mol. The van der Waals surface area contributed by atoms with Gasteiger partial charge in [-0.1, -0.05) is 0 Å². The number of aromatic nitrogens is 1. The summed E-state index contributed by atoms with van der Waals surface area (Å²) in [7, 11) is 0. The molecule has 0 spiro atoms. The quantitative estimate of drug-likeness (QED) is 0.801. The molecule has 3 heterocycles. The minimum atomic E-state index is 0.0344. The van der Waals surface area contributed by atoms with Crippen LogP contribution in [0.25, 0.3) is 0 Å². The largest absolute Gasteiger partial charge is 0.381 e. The van der Waals surface area contributed by atoms with Crippen molar-refractivity contribution in [2.24, 2.45) is 11.8 Å². The molecule has 0 unspecified atom stereocenters. The van der Waals surface area contributed by atoms with Gasteiger partial charge in [0, 0.05) is 32.2 Å². The third-order valence-electron chi connectivity index (χ3n) is 5.48. The van der Waals surface area contributed by atoms with Crippen molar-refractivity contribution in [3.8, 4) is 0 Å². The van der Waals surface area contributed by atoms with Crippen LogP contribution in [0.3, 0.4) is 0 Å². The van der Waals surface area contributed by atoms with Crippen molar-refractivity contribution in [1.82, 2.24) is 9.88 Å². The number of rotatable bonds is 6. The van der Waals surface area contributed by atoms with E-state index in [0.717, 1.165) is 38.3 Å². The van der Waals surface area contributed by atoms with Crippen LogP contribution in [0.5, 0.6) is 0 Å². The lowest BCUT2D eigenvalue weighted by Crippen LogP contribution is -2.44. The Morgan fingerprint density at radius 3 is 2.79 bits per heavy atom. The fourth-order valence-electron chi connectivity index (χ4n) is 3.80. The van der Waals surface area contributed by atoms with Crippen molar-refractivity contribution in [1.29, 1.82) is 0 Å². The molecule has 4 rings (SSSR count). The smallest absolute Gasteiger partial charge is 0.228 e. The molecule has 0 bridgehead atoms. The van der Waals surface area contributed by atoms with Crippen LogP contribution < -0.4 is 0 Å². The first kappa shape index (κ1) is 16.0. The van der Waals surface area contributed by atoms with Gasteiger partial charge in [0.15, 0.2) is 0 Å². The SMILES string of the molecule is O=C([C@@H]1CCOC1)N1CC[C@@H](OCC2CC2)[C@@H]1Cc1ccncc1. The van der Waals surface area contributed by atoms with Crippen LogP contribution in [-0.4, -0.2) is 54.3 Å². The number of likely N-dealkylation sites (tertiary alicyclic amines) is 1. The Morgan fingerprint density at radius 1 is 1.25 bits per heavy atom. The molecular weight excluding hydrogens is 304 g/mol. The third-order valence-corrected chi connectivity index (χ3v) is 5.48. The van der Waals surface area contributed by atoms with Crippen LogP contribution in [0, 0.1) is 11.8 Å². The Morgan fingerprint density at radius 2 is 2.08 bits per heavy atom. The van der Waals surface area contributed by atoms with E-state index in [9.17, 15) is 4.79 Å². The van der Waals surface area contributed by atoms with Crippen LogP contribution in [-0.2, 0) is 20.7 Å². The number of carbonyl (C=O) groups is 1. The molecule has 5 nitrogen and oxygen atoms in total. The van der Waals surface area contributed by atoms with Crippen molar-refractivity contribution in [2.45, 2.75) is 44.2 Å². The first-order valence-corrected chi connectivity index (χ1v) is 9.20. The highest BCUT2D eigenvalue weighted by Gasteiger charge is 2.41. The maximum atomic E-state index is 12.9. The van der Waals surface area contributed by atoms with Gasteiger partial charge in [-0.05, 0) is 55.7 Å². The Balaban J connectivity index is 1.47. The second-order valence-electron chi connectivity index (χ2n) is 7.32. The van der Waals surface area contributed by atoms with E-state index in [2.05, 4.69) is 9.88 Å². The summed E-state index contributed by atoms with van der Waals surface area (Å²) in [6, 6.07) is 4.22. The number of nitrogens with zero attached hydrogens (tertiary/aromatic N) is 2. The van der Waals surface area contributed by atoms with Crippen molar-refractivity contribution >= 4 is 5.91 Å². The van der Waals surface area contributed by atoms with E-state index in [1.807, 2.05) is 24.5 Å². The first-order chi connectivity index (χ1) is 11.8. The number of hydrogen-bond acceptors (Lipinski definition) is 4. The van der Waals surface area contributed by atoms with Crippen LogP contribution in [0.2, 0.25) is 0 Å². The third kappa shape index (κ3) is 3.62. The van der Waals surface area contributed by atoms with Gasteiger partial charge in [-0.2, -0.15) is 0 Å². The van der Waals surface area contributed by atoms with Crippen molar-refractivity contribution < 1.29 is 14.3 Å². The van der Waals surface area contributed by atoms with Gasteiger partial charge in [0.25, 0.3) is 0 Å². The van der Waals surface area contributed by atoms with E-state index >= 15 is 0 Å². The molecule has 1 aromatic rings. The average Bonchev–Trinajstić information content (AvgIpc) is 3.12. The maximum absolute atomic E-state index is 12.9. The lowest BCUT2D eigenvalue weighted by atomic mass is 10.0. The van der Waals surface area contributed by atoms with Gasteiger partial charge in [-0.15, -0.1) is 0 Å². The van der Waals surface area contributed by atoms with Gasteiger partial charge in [0.2, 0.25) is 5.91 Å². The predicted octanol–water partition coefficient (Wildman–Crippen LogP) is 2.06. The second-order valence-corrected chi connectivity index (χ2v) is 7.32. The molecule has 2 saturated heterocycles. The molecule has 24 heavy (non-hydrogen) atoms. The summed E-state index contributed by atoms with van der Waals surface area (Å²) >= 11 is 0. The van der Waals surface area contributed by atoms with Gasteiger partial charge in [-0.25, -0.2) is 0 Å². The molecule has 5 heteroatoms. The first-order valence-electron chi connectivity index (χ1n) is 9.20. The molecule has 3 fully saturated rings. The van der Waals surface area contributed by atoms with Gasteiger partial charge in [-0.3, -0.25) is 9.78 Å². The number of ether oxygens (including phenoxy) is 2. The maximum Gasteiger partial charge on any atom is 0.228 e. The molecule has 1 aliphatic carbocycles. The van der Waals surface area contributed by atoms with E-state index in [1.165, 1.54) is 18.4 Å². The minimum Gasteiger partial charge on any atom is -0.381 e. The molecule has 1 amide bonds. The number of hydrogen-bond donors (Lipinski definition) is 0. The summed E-state index contributed by atoms with van der Waals surface area (Å²) in [6.45, 7) is 2.94. The molecule has 0 N–H and O–H groups in total. The highest BCUT2D eigenvalue weighted by atomic mass is 16.5. The Hall–Kier alpha value is -1.46. The molecular formula is C19H26N2O3. The molecule has 1 aromatic heterocycles. The minimum absolute atomic E-state index is 0.0344. The van der Waals surface area contributed by atoms with Gasteiger partial charge in [0.1, 0.15) is 0 Å². The zero-order valence-electron chi connectivity index (χ0n) is 14.1. The summed E-state index contributed by atoms with van der Waals surface area (Å²) in [4.78, 5) is 19.1. The van der Waals surface area contributed by atoms with E-state index in [-0.39, 0.29) is 24.0 Å². The van der Waals surface area contributed by atoms with Gasteiger partial charge >= 0.3 is 0 Å². The van der Waals surface area contributed by atoms with Crippen LogP contribution in [0.15, 0.2) is 24.5 Å². The molecule has 3 aliphatic rings. The summed E-state index contributed by atoms with van der Waals surface area (Å²) in [5, 5.41) is 0. The number of amides is 1. The summed E-state index contributed by atoms with van der Waals surface area (Å²) in [5.41, 5.74) is 1.22. The van der Waals surface area contributed by atoms with Crippen molar-refractivity contribution in [3.63, 3.8) is 0 Å². The van der Waals surface area contributed by atoms with Crippen LogP contribution in [0.1, 0.15) is 31.2 Å². The second kappa shape index (κ2) is 7.19. The fraction of sp³-hybridized carbons (Fsp3) is 0.684. The van der Waals surface area contributed by atoms with E-state index in [4.69, 9.17) is 9.47 Å². The Kier molecular flexibility index (Phi) is 4.81. The summed E-state index contributed by atoms with van der Waals surface area (Å²) in [5.74, 6) is 1.04. The summed E-state index contributed by atoms with van der Waals surface area (Å²) in [6.07, 6.45) is 9.03. The molecule has 0 aromatic carbocycles. The number of carbonyl (C=O) groups excluding carboxylic acids is 1. The predicted molar refractivity (Wildman–Crippen MR) is 89.4 cm³/mol. The van der Waals surface area contributed by atoms with Gasteiger partial charge in [0.05, 0.1) is 24.7 Å². The van der Waals surface area contributed by atoms with E-state index < -0.39 is 0 Å². The average molecular weight is 330 g/mol. The molecule has 1 saturated carbocycles. The molecule has 3 atom stereocenters. The molecule has 0 radical (unpaired) electrons. The van der Waals surface area contributed by atoms with E-state index in [0.29, 0.717) is 13.2 Å². The Bertz CT molecular complexity index is 555. The molecule has 130 valence electrons. The van der Waals surface area contributed by atoms with Crippen LogP contribution >= 0.6 is 0 Å². The zero-order chi connectivity index (χ0) is 16.4. The lowest BCUT2D eigenvalue weighted by Gasteiger charge is -2.30. The van der Waals surface area contributed by atoms with Gasteiger partial charge < -0.3 is 14.4 Å². The lowest BCUT2D eigenvalue weighted by molar-refractivity contribution is -0.137. The zero-order valence-corrected chi connectivity index (χ0v) is 14.1. The van der Waals surface area contributed by atoms with E-state index in [1.54, 1.807) is 0 Å². The van der Waals surface area contributed by atoms with Crippen molar-refractivity contribution in [2.75, 3.05) is 26.4 Å². The van der Waals surface area contributed by atoms with Crippen molar-refractivity contribution in [3.05, 3.63) is 30.1 Å². The standard InChI is InChI=1S/C19H26N2O3/c22-19(16-6-10-23-13-16)21-9-5-18(24-12-15-1-2-15)17(21)11-14-3-7-20-8-4-14/h3-4,7-8,15-18H,1-2,5-6,9-13H2/t16-,17+,18-/m1/s1. The molecule has 2 aliphatic heterocycles. The fourth-order valence-corrected chi connectivity index (χ4v) is 3.80. The summed E-state index contributed by atoms with van der Waals surface area (Å²) < 4.78 is 11.6. The normalized spacial score (nSPS) is 30.0. The Labute approximate surface area is 143 Å². The highest BCUT2D eigenvalue weighted by molar-refractivity contribution is 5.80. The highest BCUT2D eigenvalue weighted by Crippen LogP contribution is 2.32. The number of pyridine rings is 1. The topological polar surface area (TPSA) is 51.7 Å². The van der Waals surface area contributed by atoms with Crippen LogP contribution in [0.4, 0.5) is 0 Å².